The predicted octanol–water partition coefficient (Wildman–Crippen LogP) is 7.97. The summed E-state index contributed by atoms with van der Waals surface area (Å²) in [6.45, 7) is 3.49. The summed E-state index contributed by atoms with van der Waals surface area (Å²) in [5, 5.41) is 8.52. The molecule has 0 radical (unpaired) electrons. The van der Waals surface area contributed by atoms with E-state index >= 15 is 0 Å². The van der Waals surface area contributed by atoms with Crippen molar-refractivity contribution in [1.29, 1.82) is 0 Å². The van der Waals surface area contributed by atoms with Gasteiger partial charge in [0, 0.05) is 6.92 Å². The van der Waals surface area contributed by atoms with E-state index < -0.39 is 5.97 Å². The van der Waals surface area contributed by atoms with Gasteiger partial charge in [-0.2, -0.15) is 0 Å². The fraction of sp³-hybridized carbons (Fsp3) is 0.769. The van der Waals surface area contributed by atoms with E-state index in [2.05, 4.69) is 13.0 Å². The van der Waals surface area contributed by atoms with Crippen LogP contribution in [0, 0.1) is 5.92 Å². The molecular weight excluding hydrogens is 376 g/mol. The highest BCUT2D eigenvalue weighted by molar-refractivity contribution is 5.85. The van der Waals surface area contributed by atoms with E-state index in [1.807, 2.05) is 6.08 Å². The third-order valence-electron chi connectivity index (χ3n) is 5.49. The van der Waals surface area contributed by atoms with Crippen LogP contribution in [0.25, 0.3) is 0 Å². The van der Waals surface area contributed by atoms with Gasteiger partial charge < -0.3 is 9.84 Å². The zero-order chi connectivity index (χ0) is 22.3. The number of unbranched alkanes of at least 4 members (excludes halogenated alkanes) is 13. The molecule has 1 atom stereocenters. The van der Waals surface area contributed by atoms with Crippen molar-refractivity contribution in [3.8, 4) is 0 Å². The molecule has 0 aliphatic carbocycles. The molecule has 1 unspecified atom stereocenters. The Hall–Kier alpha value is -1.58. The molecule has 1 N–H and O–H groups in total. The van der Waals surface area contributed by atoms with Crippen LogP contribution in [0.5, 0.6) is 0 Å². The number of ether oxygens (including phenoxy) is 1. The minimum atomic E-state index is -0.492. The van der Waals surface area contributed by atoms with Crippen molar-refractivity contribution in [2.24, 2.45) is 5.92 Å². The minimum Gasteiger partial charge on any atom is -0.516 e. The third-order valence-corrected chi connectivity index (χ3v) is 5.49. The zero-order valence-electron chi connectivity index (χ0n) is 19.6. The van der Waals surface area contributed by atoms with Gasteiger partial charge in [0.05, 0.1) is 12.2 Å². The molecule has 0 saturated heterocycles. The van der Waals surface area contributed by atoms with Crippen LogP contribution < -0.4 is 0 Å². The summed E-state index contributed by atoms with van der Waals surface area (Å²) >= 11 is 0. The number of allylic oxidation sites excluding steroid dienone is 3. The number of hydrogen-bond acceptors (Lipinski definition) is 4. The topological polar surface area (TPSA) is 63.6 Å². The van der Waals surface area contributed by atoms with E-state index in [9.17, 15) is 9.59 Å². The molecule has 4 heteroatoms. The van der Waals surface area contributed by atoms with Gasteiger partial charge in [-0.3, -0.25) is 9.59 Å². The van der Waals surface area contributed by atoms with E-state index in [-0.39, 0.29) is 11.9 Å². The van der Waals surface area contributed by atoms with Crippen LogP contribution in [0.15, 0.2) is 24.5 Å². The summed E-state index contributed by atoms with van der Waals surface area (Å²) < 4.78 is 4.85. The van der Waals surface area contributed by atoms with E-state index in [0.29, 0.717) is 0 Å². The number of carbonyl (C=O) groups excluding carboxylic acids is 2. The molecule has 0 aliphatic heterocycles. The average molecular weight is 423 g/mol. The highest BCUT2D eigenvalue weighted by Gasteiger charge is 2.20. The van der Waals surface area contributed by atoms with E-state index in [4.69, 9.17) is 9.84 Å². The largest absolute Gasteiger partial charge is 0.516 e. The Morgan fingerprint density at radius 3 is 1.77 bits per heavy atom. The SMILES string of the molecule is CCCCCCC(CCCCCCCCCCCC/C=C/C=C\O)C(=O)OC(C)=O. The molecule has 0 amide bonds. The lowest BCUT2D eigenvalue weighted by Crippen LogP contribution is -2.20. The Morgan fingerprint density at radius 2 is 1.27 bits per heavy atom. The van der Waals surface area contributed by atoms with E-state index in [1.165, 1.54) is 71.1 Å². The van der Waals surface area contributed by atoms with E-state index in [1.54, 1.807) is 6.08 Å². The lowest BCUT2D eigenvalue weighted by molar-refractivity contribution is -0.161. The normalized spacial score (nSPS) is 12.6. The molecule has 0 aromatic heterocycles. The Bertz CT molecular complexity index is 468. The second-order valence-corrected chi connectivity index (χ2v) is 8.34. The predicted molar refractivity (Wildman–Crippen MR) is 125 cm³/mol. The number of aliphatic hydroxyl groups is 1. The van der Waals surface area contributed by atoms with Crippen molar-refractivity contribution in [2.75, 3.05) is 0 Å². The Labute approximate surface area is 185 Å². The van der Waals surface area contributed by atoms with Crippen molar-refractivity contribution >= 4 is 11.9 Å². The number of aliphatic hydroxyl groups excluding tert-OH is 1. The van der Waals surface area contributed by atoms with Gasteiger partial charge in [0.25, 0.3) is 0 Å². The highest BCUT2D eigenvalue weighted by atomic mass is 16.6. The first kappa shape index (κ1) is 28.4. The van der Waals surface area contributed by atoms with Crippen LogP contribution in [-0.4, -0.2) is 17.0 Å². The fourth-order valence-corrected chi connectivity index (χ4v) is 3.71. The third kappa shape index (κ3) is 19.7. The van der Waals surface area contributed by atoms with Gasteiger partial charge in [0.1, 0.15) is 0 Å². The van der Waals surface area contributed by atoms with Crippen molar-refractivity contribution in [2.45, 2.75) is 123 Å². The van der Waals surface area contributed by atoms with E-state index in [0.717, 1.165) is 51.2 Å². The molecule has 0 saturated carbocycles. The summed E-state index contributed by atoms with van der Waals surface area (Å²) in [5.41, 5.74) is 0. The van der Waals surface area contributed by atoms with Crippen molar-refractivity contribution in [1.82, 2.24) is 0 Å². The lowest BCUT2D eigenvalue weighted by atomic mass is 9.94. The maximum absolute atomic E-state index is 12.1. The summed E-state index contributed by atoms with van der Waals surface area (Å²) in [4.78, 5) is 23.2. The number of carbonyl (C=O) groups is 2. The van der Waals surface area contributed by atoms with Gasteiger partial charge in [0.2, 0.25) is 0 Å². The minimum absolute atomic E-state index is 0.111. The first-order chi connectivity index (χ1) is 14.6. The number of rotatable bonds is 20. The molecule has 0 aliphatic rings. The Balaban J connectivity index is 3.68. The zero-order valence-corrected chi connectivity index (χ0v) is 19.6. The van der Waals surface area contributed by atoms with Crippen LogP contribution in [0.2, 0.25) is 0 Å². The maximum Gasteiger partial charge on any atom is 0.316 e. The molecular formula is C26H46O4. The van der Waals surface area contributed by atoms with Crippen molar-refractivity contribution in [3.05, 3.63) is 24.5 Å². The molecule has 0 fully saturated rings. The molecule has 0 spiro atoms. The second-order valence-electron chi connectivity index (χ2n) is 8.34. The van der Waals surface area contributed by atoms with Crippen LogP contribution >= 0.6 is 0 Å². The summed E-state index contributed by atoms with van der Waals surface area (Å²) in [7, 11) is 0. The molecule has 4 nitrogen and oxygen atoms in total. The second kappa shape index (κ2) is 22.1. The number of esters is 2. The van der Waals surface area contributed by atoms with Gasteiger partial charge in [-0.05, 0) is 31.8 Å². The van der Waals surface area contributed by atoms with Gasteiger partial charge in [0.15, 0.2) is 0 Å². The summed E-state index contributed by atoms with van der Waals surface area (Å²) in [5.74, 6) is -0.923. The van der Waals surface area contributed by atoms with Crippen molar-refractivity contribution < 1.29 is 19.4 Å². The quantitative estimate of drug-likeness (QED) is 0.0710. The van der Waals surface area contributed by atoms with Gasteiger partial charge in [-0.15, -0.1) is 0 Å². The molecule has 0 bridgehead atoms. The lowest BCUT2D eigenvalue weighted by Gasteiger charge is -2.14. The van der Waals surface area contributed by atoms with Gasteiger partial charge >= 0.3 is 11.9 Å². The molecule has 0 aromatic rings. The molecule has 30 heavy (non-hydrogen) atoms. The highest BCUT2D eigenvalue weighted by Crippen LogP contribution is 2.20. The molecule has 0 aromatic carbocycles. The average Bonchev–Trinajstić information content (AvgIpc) is 2.71. The van der Waals surface area contributed by atoms with Gasteiger partial charge in [-0.25, -0.2) is 0 Å². The Morgan fingerprint density at radius 1 is 0.767 bits per heavy atom. The molecule has 174 valence electrons. The first-order valence-electron chi connectivity index (χ1n) is 12.3. The summed E-state index contributed by atoms with van der Waals surface area (Å²) in [6, 6.07) is 0. The number of hydrogen-bond donors (Lipinski definition) is 1. The van der Waals surface area contributed by atoms with Crippen LogP contribution in [0.3, 0.4) is 0 Å². The molecule has 0 rings (SSSR count). The van der Waals surface area contributed by atoms with Crippen LogP contribution in [-0.2, 0) is 14.3 Å². The standard InChI is InChI=1S/C26H46O4/c1-3-4-5-18-21-25(26(29)30-24(2)28)22-19-16-14-12-10-8-6-7-9-11-13-15-17-20-23-27/h15,17,20,23,25,27H,3-14,16,18-19,21-22H2,1-2H3/b17-15+,23-20-. The van der Waals surface area contributed by atoms with Crippen molar-refractivity contribution in [3.63, 3.8) is 0 Å². The van der Waals surface area contributed by atoms with Crippen LogP contribution in [0.4, 0.5) is 0 Å². The fourth-order valence-electron chi connectivity index (χ4n) is 3.71. The smallest absolute Gasteiger partial charge is 0.316 e. The van der Waals surface area contributed by atoms with Gasteiger partial charge in [-0.1, -0.05) is 103 Å². The first-order valence-corrected chi connectivity index (χ1v) is 12.3. The Kier molecular flexibility index (Phi) is 20.9. The monoisotopic (exact) mass is 422 g/mol. The molecule has 0 heterocycles. The van der Waals surface area contributed by atoms with Crippen LogP contribution in [0.1, 0.15) is 123 Å². The summed E-state index contributed by atoms with van der Waals surface area (Å²) in [6.07, 6.45) is 26.5. The maximum atomic E-state index is 12.1.